The van der Waals surface area contributed by atoms with E-state index in [0.717, 1.165) is 22.6 Å². The number of aryl methyl sites for hydroxylation is 1. The molecule has 4 rings (SSSR count). The van der Waals surface area contributed by atoms with Crippen molar-refractivity contribution in [2.24, 2.45) is 0 Å². The highest BCUT2D eigenvalue weighted by atomic mass is 19.2. The number of anilines is 2. The van der Waals surface area contributed by atoms with E-state index in [1.807, 2.05) is 6.92 Å². The van der Waals surface area contributed by atoms with Crippen LogP contribution >= 0.6 is 0 Å². The summed E-state index contributed by atoms with van der Waals surface area (Å²) >= 11 is 0. The molecule has 0 bridgehead atoms. The molecule has 1 heterocycles. The summed E-state index contributed by atoms with van der Waals surface area (Å²) in [5, 5.41) is 2.73. The first kappa shape index (κ1) is 19.4. The number of imide groups is 1. The Morgan fingerprint density at radius 1 is 0.767 bits per heavy atom. The molecule has 0 saturated carbocycles. The van der Waals surface area contributed by atoms with Gasteiger partial charge in [-0.05, 0) is 48.9 Å². The van der Waals surface area contributed by atoms with E-state index in [-0.39, 0.29) is 17.0 Å². The number of carbonyl (C=O) groups is 2. The van der Waals surface area contributed by atoms with E-state index >= 15 is 0 Å². The SMILES string of the molecule is Cc1ccc(N2C(=O)C(Nc3ccc(F)c(F)c3)=C(c3ccc(F)cc3)C2=O)cc1. The summed E-state index contributed by atoms with van der Waals surface area (Å²) in [5.74, 6) is -3.91. The van der Waals surface area contributed by atoms with E-state index in [9.17, 15) is 22.8 Å². The zero-order chi connectivity index (χ0) is 21.4. The normalized spacial score (nSPS) is 13.9. The molecule has 0 aliphatic carbocycles. The third-order valence-electron chi connectivity index (χ3n) is 4.70. The van der Waals surface area contributed by atoms with Gasteiger partial charge in [0.05, 0.1) is 11.3 Å². The van der Waals surface area contributed by atoms with E-state index < -0.39 is 29.3 Å². The quantitative estimate of drug-likeness (QED) is 0.631. The maximum atomic E-state index is 13.6. The summed E-state index contributed by atoms with van der Waals surface area (Å²) in [5.41, 5.74) is 1.61. The number of hydrogen-bond acceptors (Lipinski definition) is 3. The number of rotatable bonds is 4. The van der Waals surface area contributed by atoms with Gasteiger partial charge in [-0.15, -0.1) is 0 Å². The number of hydrogen-bond donors (Lipinski definition) is 1. The molecule has 0 radical (unpaired) electrons. The van der Waals surface area contributed by atoms with Gasteiger partial charge in [0.25, 0.3) is 11.8 Å². The maximum absolute atomic E-state index is 13.6. The van der Waals surface area contributed by atoms with Crippen molar-refractivity contribution in [1.29, 1.82) is 0 Å². The van der Waals surface area contributed by atoms with Crippen LogP contribution in [0.4, 0.5) is 24.5 Å². The third-order valence-corrected chi connectivity index (χ3v) is 4.70. The van der Waals surface area contributed by atoms with E-state index in [2.05, 4.69) is 5.32 Å². The molecule has 1 aliphatic rings. The molecule has 4 nitrogen and oxygen atoms in total. The number of nitrogens with one attached hydrogen (secondary N) is 1. The van der Waals surface area contributed by atoms with Crippen molar-refractivity contribution in [2.75, 3.05) is 10.2 Å². The van der Waals surface area contributed by atoms with Gasteiger partial charge in [0, 0.05) is 11.8 Å². The average molecular weight is 408 g/mol. The topological polar surface area (TPSA) is 49.4 Å². The fourth-order valence-corrected chi connectivity index (χ4v) is 3.18. The number of carbonyl (C=O) groups excluding carboxylic acids is 2. The monoisotopic (exact) mass is 408 g/mol. The average Bonchev–Trinajstić information content (AvgIpc) is 2.96. The second-order valence-corrected chi connectivity index (χ2v) is 6.79. The molecule has 1 aliphatic heterocycles. The Hall–Kier alpha value is -3.87. The molecule has 0 saturated heterocycles. The first-order valence-corrected chi connectivity index (χ1v) is 9.03. The van der Waals surface area contributed by atoms with Gasteiger partial charge in [-0.1, -0.05) is 29.8 Å². The van der Waals surface area contributed by atoms with Crippen molar-refractivity contribution < 1.29 is 22.8 Å². The highest BCUT2D eigenvalue weighted by Crippen LogP contribution is 2.34. The minimum Gasteiger partial charge on any atom is -0.350 e. The van der Waals surface area contributed by atoms with Crippen molar-refractivity contribution in [3.05, 3.63) is 101 Å². The molecule has 2 amide bonds. The predicted octanol–water partition coefficient (Wildman–Crippen LogP) is 4.81. The Bertz CT molecular complexity index is 1190. The molecule has 0 aromatic heterocycles. The fourth-order valence-electron chi connectivity index (χ4n) is 3.18. The molecular formula is C23H15F3N2O2. The number of amides is 2. The number of halogens is 3. The molecule has 0 spiro atoms. The van der Waals surface area contributed by atoms with Gasteiger partial charge < -0.3 is 5.32 Å². The van der Waals surface area contributed by atoms with Crippen LogP contribution in [-0.4, -0.2) is 11.8 Å². The van der Waals surface area contributed by atoms with Crippen LogP contribution in [0.25, 0.3) is 5.57 Å². The minimum atomic E-state index is -1.10. The lowest BCUT2D eigenvalue weighted by Gasteiger charge is -2.15. The van der Waals surface area contributed by atoms with E-state index in [1.54, 1.807) is 24.3 Å². The number of benzene rings is 3. The lowest BCUT2D eigenvalue weighted by molar-refractivity contribution is -0.120. The summed E-state index contributed by atoms with van der Waals surface area (Å²) in [6, 6.07) is 14.9. The lowest BCUT2D eigenvalue weighted by atomic mass is 10.0. The van der Waals surface area contributed by atoms with Crippen LogP contribution in [0, 0.1) is 24.4 Å². The summed E-state index contributed by atoms with van der Waals surface area (Å²) in [6.07, 6.45) is 0. The van der Waals surface area contributed by atoms with Crippen molar-refractivity contribution in [1.82, 2.24) is 0 Å². The van der Waals surface area contributed by atoms with Crippen molar-refractivity contribution in [3.63, 3.8) is 0 Å². The van der Waals surface area contributed by atoms with Crippen LogP contribution in [0.5, 0.6) is 0 Å². The molecule has 0 unspecified atom stereocenters. The largest absolute Gasteiger partial charge is 0.350 e. The molecule has 3 aromatic rings. The predicted molar refractivity (Wildman–Crippen MR) is 107 cm³/mol. The molecule has 1 N–H and O–H groups in total. The first-order valence-electron chi connectivity index (χ1n) is 9.03. The van der Waals surface area contributed by atoms with Gasteiger partial charge in [-0.3, -0.25) is 9.59 Å². The van der Waals surface area contributed by atoms with E-state index in [1.165, 1.54) is 30.3 Å². The minimum absolute atomic E-state index is 0.00491. The van der Waals surface area contributed by atoms with Crippen LogP contribution in [0.1, 0.15) is 11.1 Å². The first-order chi connectivity index (χ1) is 14.3. The maximum Gasteiger partial charge on any atom is 0.282 e. The standard InChI is InChI=1S/C23H15F3N2O2/c1-13-2-9-17(10-3-13)28-22(29)20(14-4-6-15(24)7-5-14)21(23(28)30)27-16-8-11-18(25)19(26)12-16/h2-12,27H,1H3. The Morgan fingerprint density at radius 3 is 2.07 bits per heavy atom. The van der Waals surface area contributed by atoms with Crippen LogP contribution in [0.15, 0.2) is 72.4 Å². The Kier molecular flexibility index (Phi) is 4.87. The Balaban J connectivity index is 1.82. The van der Waals surface area contributed by atoms with Gasteiger partial charge in [0.1, 0.15) is 11.5 Å². The Morgan fingerprint density at radius 2 is 1.43 bits per heavy atom. The summed E-state index contributed by atoms with van der Waals surface area (Å²) < 4.78 is 40.3. The molecule has 30 heavy (non-hydrogen) atoms. The zero-order valence-electron chi connectivity index (χ0n) is 15.7. The molecule has 7 heteroatoms. The Labute approximate surface area is 170 Å². The van der Waals surface area contributed by atoms with Gasteiger partial charge in [0.2, 0.25) is 0 Å². The number of nitrogens with zero attached hydrogens (tertiary/aromatic N) is 1. The highest BCUT2D eigenvalue weighted by Gasteiger charge is 2.40. The van der Waals surface area contributed by atoms with Gasteiger partial charge in [-0.25, -0.2) is 18.1 Å². The summed E-state index contributed by atoms with van der Waals surface area (Å²) in [4.78, 5) is 27.3. The highest BCUT2D eigenvalue weighted by molar-refractivity contribution is 6.46. The summed E-state index contributed by atoms with van der Waals surface area (Å²) in [6.45, 7) is 1.87. The van der Waals surface area contributed by atoms with E-state index in [4.69, 9.17) is 0 Å². The van der Waals surface area contributed by atoms with Crippen LogP contribution in [0.2, 0.25) is 0 Å². The van der Waals surface area contributed by atoms with Gasteiger partial charge in [0.15, 0.2) is 11.6 Å². The molecule has 150 valence electrons. The van der Waals surface area contributed by atoms with Crippen LogP contribution in [-0.2, 0) is 9.59 Å². The zero-order valence-corrected chi connectivity index (χ0v) is 15.7. The van der Waals surface area contributed by atoms with Crippen LogP contribution in [0.3, 0.4) is 0 Å². The van der Waals surface area contributed by atoms with Gasteiger partial charge in [-0.2, -0.15) is 0 Å². The van der Waals surface area contributed by atoms with Crippen molar-refractivity contribution in [3.8, 4) is 0 Å². The molecule has 0 fully saturated rings. The van der Waals surface area contributed by atoms with Crippen molar-refractivity contribution >= 4 is 28.8 Å². The molecule has 0 atom stereocenters. The molecule has 3 aromatic carbocycles. The summed E-state index contributed by atoms with van der Waals surface area (Å²) in [7, 11) is 0. The second kappa shape index (κ2) is 7.51. The smallest absolute Gasteiger partial charge is 0.282 e. The lowest BCUT2D eigenvalue weighted by Crippen LogP contribution is -2.32. The van der Waals surface area contributed by atoms with Crippen LogP contribution < -0.4 is 10.2 Å². The van der Waals surface area contributed by atoms with Crippen molar-refractivity contribution in [2.45, 2.75) is 6.92 Å². The third kappa shape index (κ3) is 3.45. The second-order valence-electron chi connectivity index (χ2n) is 6.79. The molecular weight excluding hydrogens is 393 g/mol. The van der Waals surface area contributed by atoms with Gasteiger partial charge >= 0.3 is 0 Å². The van der Waals surface area contributed by atoms with E-state index in [0.29, 0.717) is 11.3 Å². The fraction of sp³-hybridized carbons (Fsp3) is 0.0435.